The second-order valence-corrected chi connectivity index (χ2v) is 0. The first-order valence-corrected chi connectivity index (χ1v) is 0. The summed E-state index contributed by atoms with van der Waals surface area (Å²) in [6.45, 7) is 0. The van der Waals surface area contributed by atoms with Crippen LogP contribution in [-0.4, -0.2) is 0 Å². The third kappa shape index (κ3) is 27.3. The first kappa shape index (κ1) is 76.4. The van der Waals surface area contributed by atoms with Gasteiger partial charge in [0, 0.05) is 17.1 Å². The molecule has 0 fully saturated rings. The van der Waals surface area contributed by atoms with Crippen LogP contribution in [0.15, 0.2) is 0 Å². The Balaban J connectivity index is 0. The first-order valence-electron chi connectivity index (χ1n) is 0. The molecule has 0 aliphatic heterocycles. The minimum atomic E-state index is 0. The summed E-state index contributed by atoms with van der Waals surface area (Å²) in [5, 5.41) is 0. The van der Waals surface area contributed by atoms with E-state index in [2.05, 4.69) is 0 Å². The van der Waals surface area contributed by atoms with Gasteiger partial charge in [0.05, 0.1) is 0 Å². The van der Waals surface area contributed by atoms with Crippen molar-refractivity contribution >= 4 is 0 Å². The molecule has 0 aromatic heterocycles. The van der Waals surface area contributed by atoms with Gasteiger partial charge in [-0.25, -0.2) is 0 Å². The van der Waals surface area contributed by atoms with E-state index >= 15 is 0 Å². The molecule has 0 heterocycles. The van der Waals surface area contributed by atoms with E-state index < -0.39 is 0 Å². The zero-order valence-electron chi connectivity index (χ0n) is 1.89. The van der Waals surface area contributed by atoms with Crippen LogP contribution < -0.4 is 49.6 Å². The Morgan fingerprint density at radius 2 is 0.400 bits per heavy atom. The first-order chi connectivity index (χ1) is 0. The largest absolute Gasteiger partial charge is 1.00 e. The van der Waals surface area contributed by atoms with E-state index in [0.717, 1.165) is 0 Å². The molecule has 0 unspecified atom stereocenters. The molecule has 1 radical (unpaired) electrons. The molecule has 0 spiro atoms. The molecule has 0 aliphatic carbocycles. The number of rotatable bonds is 0. The Bertz CT molecular complexity index is 3.61. The summed E-state index contributed by atoms with van der Waals surface area (Å²) < 4.78 is 0. The number of halogens is 4. The van der Waals surface area contributed by atoms with E-state index in [9.17, 15) is 0 Å². The van der Waals surface area contributed by atoms with Gasteiger partial charge in [0.2, 0.25) is 0 Å². The third-order valence-corrected chi connectivity index (χ3v) is 0. The minimum Gasteiger partial charge on any atom is -1.00 e. The van der Waals surface area contributed by atoms with Gasteiger partial charge in [-0.05, 0) is 0 Å². The summed E-state index contributed by atoms with van der Waals surface area (Å²) >= 11 is 0. The maximum absolute atomic E-state index is 0. The van der Waals surface area contributed by atoms with Gasteiger partial charge in [-0.2, -0.15) is 0 Å². The molecule has 0 amide bonds. The Labute approximate surface area is 66.6 Å². The van der Waals surface area contributed by atoms with Gasteiger partial charge in [-0.15, -0.1) is 0 Å². The molecule has 0 bridgehead atoms. The fourth-order valence-electron chi connectivity index (χ4n) is 0. The quantitative estimate of drug-likeness (QED) is 0.338. The fraction of sp³-hybridized carbons (Fsp3) is 0. The normalized spacial score (nSPS) is 0. The molecule has 0 saturated heterocycles. The summed E-state index contributed by atoms with van der Waals surface area (Å²) in [5.41, 5.74) is 0. The smallest absolute Gasteiger partial charge is 0 e. The van der Waals surface area contributed by atoms with E-state index in [1.54, 1.807) is 0 Å². The molecule has 0 nitrogen and oxygen atoms in total. The van der Waals surface area contributed by atoms with E-state index in [1.165, 1.54) is 0 Å². The Morgan fingerprint density at radius 1 is 0.400 bits per heavy atom. The van der Waals surface area contributed by atoms with Crippen molar-refractivity contribution in [3.05, 3.63) is 0 Å². The maximum Gasteiger partial charge on any atom is 0 e. The van der Waals surface area contributed by atoms with Crippen molar-refractivity contribution in [2.75, 3.05) is 0 Å². The van der Waals surface area contributed by atoms with Gasteiger partial charge in [-0.1, -0.05) is 0 Å². The average molecular weight is 197 g/mol. The van der Waals surface area contributed by atoms with Crippen molar-refractivity contribution in [3.8, 4) is 0 Å². The summed E-state index contributed by atoms with van der Waals surface area (Å²) in [6.07, 6.45) is 0. The monoisotopic (exact) mass is 195 g/mol. The molecule has 0 atom stereocenters. The topological polar surface area (TPSA) is 0 Å². The number of hydrogen-bond acceptors (Lipinski definition) is 0. The van der Waals surface area contributed by atoms with Gasteiger partial charge >= 0.3 is 0 Å². The predicted molar refractivity (Wildman–Crippen MR) is 0 cm³/mol. The molecular formula is Cl4Mn-4. The van der Waals surface area contributed by atoms with Crippen molar-refractivity contribution in [1.82, 2.24) is 0 Å². The molecule has 39 valence electrons. The van der Waals surface area contributed by atoms with Crippen LogP contribution in [0, 0.1) is 0 Å². The Hall–Kier alpha value is 1.68. The van der Waals surface area contributed by atoms with Crippen LogP contribution >= 0.6 is 0 Å². The molecule has 0 aliphatic rings. The Kier molecular flexibility index (Phi) is 674. The van der Waals surface area contributed by atoms with Crippen molar-refractivity contribution in [2.45, 2.75) is 0 Å². The van der Waals surface area contributed by atoms with Crippen molar-refractivity contribution in [1.29, 1.82) is 0 Å². The minimum absolute atomic E-state index is 0. The van der Waals surface area contributed by atoms with Crippen LogP contribution in [0.2, 0.25) is 0 Å². The Morgan fingerprint density at radius 3 is 0.400 bits per heavy atom. The maximum atomic E-state index is 0. The SMILES string of the molecule is [Cl-].[Cl-].[Cl-].[Cl-].[Mn]. The van der Waals surface area contributed by atoms with Crippen LogP contribution in [0.3, 0.4) is 0 Å². The zero-order valence-corrected chi connectivity index (χ0v) is 6.09. The van der Waals surface area contributed by atoms with E-state index in [-0.39, 0.29) is 66.7 Å². The summed E-state index contributed by atoms with van der Waals surface area (Å²) in [4.78, 5) is 0. The summed E-state index contributed by atoms with van der Waals surface area (Å²) in [6, 6.07) is 0. The third-order valence-electron chi connectivity index (χ3n) is 0. The van der Waals surface area contributed by atoms with Gasteiger partial charge in [-0.3, -0.25) is 0 Å². The standard InChI is InChI=1S/4ClH.Mn/h4*1H;/p-4. The van der Waals surface area contributed by atoms with E-state index in [1.807, 2.05) is 0 Å². The van der Waals surface area contributed by atoms with Gasteiger partial charge < -0.3 is 49.6 Å². The van der Waals surface area contributed by atoms with Crippen LogP contribution in [0.25, 0.3) is 0 Å². The number of hydrogen-bond donors (Lipinski definition) is 0. The fourth-order valence-corrected chi connectivity index (χ4v) is 0. The van der Waals surface area contributed by atoms with Crippen LogP contribution in [-0.2, 0) is 17.1 Å². The second kappa shape index (κ2) is 44.1. The molecule has 0 saturated carbocycles. The van der Waals surface area contributed by atoms with E-state index in [4.69, 9.17) is 0 Å². The summed E-state index contributed by atoms with van der Waals surface area (Å²) in [5.74, 6) is 0. The van der Waals surface area contributed by atoms with Crippen molar-refractivity contribution in [2.24, 2.45) is 0 Å². The second-order valence-electron chi connectivity index (χ2n) is 0. The average Bonchev–Trinajstić information content (AvgIpc) is 0. The zero-order chi connectivity index (χ0) is 0. The molecule has 0 N–H and O–H groups in total. The van der Waals surface area contributed by atoms with Crippen LogP contribution in [0.5, 0.6) is 0 Å². The van der Waals surface area contributed by atoms with Gasteiger partial charge in [0.15, 0.2) is 0 Å². The molecule has 5 heavy (non-hydrogen) atoms. The molecule has 5 heteroatoms. The van der Waals surface area contributed by atoms with Crippen LogP contribution in [0.4, 0.5) is 0 Å². The van der Waals surface area contributed by atoms with Gasteiger partial charge in [0.1, 0.15) is 0 Å². The summed E-state index contributed by atoms with van der Waals surface area (Å²) in [7, 11) is 0. The van der Waals surface area contributed by atoms with Crippen molar-refractivity contribution < 1.29 is 66.7 Å². The van der Waals surface area contributed by atoms with Gasteiger partial charge in [0.25, 0.3) is 0 Å². The molecule has 0 aromatic carbocycles. The van der Waals surface area contributed by atoms with Crippen molar-refractivity contribution in [3.63, 3.8) is 0 Å². The van der Waals surface area contributed by atoms with Crippen LogP contribution in [0.1, 0.15) is 0 Å². The molecule has 0 rings (SSSR count). The van der Waals surface area contributed by atoms with E-state index in [0.29, 0.717) is 0 Å². The molecule has 0 aromatic rings. The predicted octanol–water partition coefficient (Wildman–Crippen LogP) is -12.0. The molecular weight excluding hydrogens is 197 g/mol.